The van der Waals surface area contributed by atoms with Crippen LogP contribution >= 0.6 is 0 Å². The molecule has 0 aliphatic carbocycles. The van der Waals surface area contributed by atoms with Crippen LogP contribution in [0.15, 0.2) is 15.8 Å². The van der Waals surface area contributed by atoms with Crippen LogP contribution in [0.4, 0.5) is 0 Å². The van der Waals surface area contributed by atoms with Crippen molar-refractivity contribution >= 4 is 5.78 Å². The quantitative estimate of drug-likeness (QED) is 0.783. The van der Waals surface area contributed by atoms with Gasteiger partial charge in [0.2, 0.25) is 0 Å². The maximum atomic E-state index is 11.8. The number of carbonyl (C=O) groups excluding carboxylic acids is 1. The molecule has 0 atom stereocenters. The van der Waals surface area contributed by atoms with Crippen LogP contribution in [0.5, 0.6) is 0 Å². The fourth-order valence-corrected chi connectivity index (χ4v) is 1.62. The molecule has 1 aromatic rings. The number of nitrogens with zero attached hydrogens (tertiary/aromatic N) is 1. The van der Waals surface area contributed by atoms with E-state index in [1.807, 2.05) is 0 Å². The van der Waals surface area contributed by atoms with Crippen LogP contribution in [-0.4, -0.2) is 15.3 Å². The molecule has 1 rings (SSSR count). The highest BCUT2D eigenvalue weighted by Gasteiger charge is 2.10. The van der Waals surface area contributed by atoms with Gasteiger partial charge in [-0.05, 0) is 25.7 Å². The SMILES string of the molecule is CC(=O)c1c[nH]c(=O)n(CCCC(C)C)c1=O. The number of Topliss-reactive ketones (excluding diaryl/α,β-unsaturated/α-hetero) is 1. The molecule has 0 saturated heterocycles. The van der Waals surface area contributed by atoms with Crippen LogP contribution in [0.1, 0.15) is 44.0 Å². The predicted octanol–water partition coefficient (Wildman–Crippen LogP) is 1.18. The summed E-state index contributed by atoms with van der Waals surface area (Å²) in [4.78, 5) is 36.9. The molecular weight excluding hydrogens is 220 g/mol. The van der Waals surface area contributed by atoms with E-state index in [0.29, 0.717) is 12.5 Å². The maximum absolute atomic E-state index is 11.8. The second-order valence-electron chi connectivity index (χ2n) is 4.56. The van der Waals surface area contributed by atoms with Gasteiger partial charge < -0.3 is 4.98 Å². The average molecular weight is 238 g/mol. The van der Waals surface area contributed by atoms with Gasteiger partial charge in [0.05, 0.1) is 5.56 Å². The Morgan fingerprint density at radius 1 is 1.41 bits per heavy atom. The van der Waals surface area contributed by atoms with Gasteiger partial charge in [-0.2, -0.15) is 0 Å². The molecule has 0 unspecified atom stereocenters. The van der Waals surface area contributed by atoms with E-state index in [4.69, 9.17) is 0 Å². The Morgan fingerprint density at radius 3 is 2.59 bits per heavy atom. The maximum Gasteiger partial charge on any atom is 0.328 e. The number of ketones is 1. The Kier molecular flexibility index (Phi) is 4.43. The van der Waals surface area contributed by atoms with Crippen molar-refractivity contribution in [1.82, 2.24) is 9.55 Å². The molecule has 1 aromatic heterocycles. The average Bonchev–Trinajstić information content (AvgIpc) is 2.21. The van der Waals surface area contributed by atoms with Crippen molar-refractivity contribution < 1.29 is 4.79 Å². The van der Waals surface area contributed by atoms with Crippen LogP contribution in [0.25, 0.3) is 0 Å². The Hall–Kier alpha value is -1.65. The first-order chi connectivity index (χ1) is 7.93. The fraction of sp³-hybridized carbons (Fsp3) is 0.583. The zero-order valence-electron chi connectivity index (χ0n) is 10.4. The van der Waals surface area contributed by atoms with E-state index in [1.165, 1.54) is 13.1 Å². The lowest BCUT2D eigenvalue weighted by Crippen LogP contribution is -2.37. The Balaban J connectivity index is 2.99. The van der Waals surface area contributed by atoms with Crippen molar-refractivity contribution in [3.8, 4) is 0 Å². The standard InChI is InChI=1S/C12H18N2O3/c1-8(2)5-4-6-14-11(16)10(9(3)15)7-13-12(14)17/h7-8H,4-6H2,1-3H3,(H,13,17). The molecule has 0 aliphatic heterocycles. The monoisotopic (exact) mass is 238 g/mol. The number of nitrogens with one attached hydrogen (secondary N) is 1. The number of hydrogen-bond acceptors (Lipinski definition) is 3. The van der Waals surface area contributed by atoms with E-state index in [9.17, 15) is 14.4 Å². The molecule has 0 aromatic carbocycles. The summed E-state index contributed by atoms with van der Waals surface area (Å²) < 4.78 is 1.10. The number of aromatic nitrogens is 2. The Bertz CT molecular complexity index is 511. The van der Waals surface area contributed by atoms with E-state index in [-0.39, 0.29) is 11.3 Å². The van der Waals surface area contributed by atoms with Crippen molar-refractivity contribution in [2.45, 2.75) is 40.2 Å². The van der Waals surface area contributed by atoms with Gasteiger partial charge >= 0.3 is 5.69 Å². The van der Waals surface area contributed by atoms with Gasteiger partial charge in [0.25, 0.3) is 5.56 Å². The third kappa shape index (κ3) is 3.41. The van der Waals surface area contributed by atoms with Gasteiger partial charge in [-0.25, -0.2) is 4.79 Å². The molecule has 0 bridgehead atoms. The zero-order valence-corrected chi connectivity index (χ0v) is 10.4. The van der Waals surface area contributed by atoms with Crippen molar-refractivity contribution in [3.05, 3.63) is 32.6 Å². The lowest BCUT2D eigenvalue weighted by Gasteiger charge is -2.07. The zero-order chi connectivity index (χ0) is 13.0. The summed E-state index contributed by atoms with van der Waals surface area (Å²) >= 11 is 0. The van der Waals surface area contributed by atoms with Gasteiger partial charge in [-0.3, -0.25) is 14.2 Å². The summed E-state index contributed by atoms with van der Waals surface area (Å²) in [5.41, 5.74) is -0.914. The normalized spacial score (nSPS) is 10.8. The molecule has 1 heterocycles. The summed E-state index contributed by atoms with van der Waals surface area (Å²) in [6.07, 6.45) is 2.88. The minimum absolute atomic E-state index is 0.0362. The van der Waals surface area contributed by atoms with Crippen LogP contribution in [0.3, 0.4) is 0 Å². The van der Waals surface area contributed by atoms with Crippen LogP contribution in [0, 0.1) is 5.92 Å². The predicted molar refractivity (Wildman–Crippen MR) is 65.4 cm³/mol. The van der Waals surface area contributed by atoms with Crippen LogP contribution in [0.2, 0.25) is 0 Å². The second kappa shape index (κ2) is 5.61. The summed E-state index contributed by atoms with van der Waals surface area (Å²) in [6, 6.07) is 0. The molecule has 0 saturated carbocycles. The van der Waals surface area contributed by atoms with Crippen molar-refractivity contribution in [2.75, 3.05) is 0 Å². The minimum Gasteiger partial charge on any atom is -0.313 e. The first kappa shape index (κ1) is 13.4. The lowest BCUT2D eigenvalue weighted by atomic mass is 10.1. The molecule has 1 N–H and O–H groups in total. The largest absolute Gasteiger partial charge is 0.328 e. The fourth-order valence-electron chi connectivity index (χ4n) is 1.62. The molecule has 0 radical (unpaired) electrons. The van der Waals surface area contributed by atoms with E-state index in [0.717, 1.165) is 17.4 Å². The molecule has 0 amide bonds. The molecule has 5 heteroatoms. The number of rotatable bonds is 5. The van der Waals surface area contributed by atoms with Gasteiger partial charge in [-0.1, -0.05) is 13.8 Å². The molecule has 0 spiro atoms. The van der Waals surface area contributed by atoms with E-state index in [2.05, 4.69) is 18.8 Å². The van der Waals surface area contributed by atoms with Gasteiger partial charge in [0, 0.05) is 12.7 Å². The highest BCUT2D eigenvalue weighted by Crippen LogP contribution is 2.03. The molecular formula is C12H18N2O3. The van der Waals surface area contributed by atoms with Crippen molar-refractivity contribution in [1.29, 1.82) is 0 Å². The van der Waals surface area contributed by atoms with Gasteiger partial charge in [0.1, 0.15) is 0 Å². The molecule has 5 nitrogen and oxygen atoms in total. The van der Waals surface area contributed by atoms with Crippen molar-refractivity contribution in [2.24, 2.45) is 5.92 Å². The number of carbonyl (C=O) groups is 1. The molecule has 0 fully saturated rings. The van der Waals surface area contributed by atoms with Gasteiger partial charge in [0.15, 0.2) is 5.78 Å². The third-order valence-corrected chi connectivity index (χ3v) is 2.60. The first-order valence-electron chi connectivity index (χ1n) is 5.77. The minimum atomic E-state index is -0.495. The second-order valence-corrected chi connectivity index (χ2v) is 4.56. The van der Waals surface area contributed by atoms with E-state index < -0.39 is 11.2 Å². The highest BCUT2D eigenvalue weighted by molar-refractivity contribution is 5.93. The summed E-state index contributed by atoms with van der Waals surface area (Å²) in [5, 5.41) is 0. The summed E-state index contributed by atoms with van der Waals surface area (Å²) in [7, 11) is 0. The van der Waals surface area contributed by atoms with Gasteiger partial charge in [-0.15, -0.1) is 0 Å². The van der Waals surface area contributed by atoms with Crippen LogP contribution in [-0.2, 0) is 6.54 Å². The van der Waals surface area contributed by atoms with Crippen molar-refractivity contribution in [3.63, 3.8) is 0 Å². The number of hydrogen-bond donors (Lipinski definition) is 1. The Morgan fingerprint density at radius 2 is 2.06 bits per heavy atom. The Labute approximate surface area is 99.5 Å². The smallest absolute Gasteiger partial charge is 0.313 e. The topological polar surface area (TPSA) is 71.9 Å². The number of H-pyrrole nitrogens is 1. The highest BCUT2D eigenvalue weighted by atomic mass is 16.2. The van der Waals surface area contributed by atoms with E-state index >= 15 is 0 Å². The first-order valence-corrected chi connectivity index (χ1v) is 5.77. The number of aromatic amines is 1. The molecule has 0 aliphatic rings. The van der Waals surface area contributed by atoms with Crippen LogP contribution < -0.4 is 11.2 Å². The molecule has 17 heavy (non-hydrogen) atoms. The third-order valence-electron chi connectivity index (χ3n) is 2.60. The summed E-state index contributed by atoms with van der Waals surface area (Å²) in [5.74, 6) is 0.199. The summed E-state index contributed by atoms with van der Waals surface area (Å²) in [6.45, 7) is 5.83. The van der Waals surface area contributed by atoms with E-state index in [1.54, 1.807) is 0 Å². The molecule has 94 valence electrons. The lowest BCUT2D eigenvalue weighted by molar-refractivity contribution is 0.101.